The summed E-state index contributed by atoms with van der Waals surface area (Å²) in [6.07, 6.45) is 4.72. The molecule has 0 saturated heterocycles. The average Bonchev–Trinajstić information content (AvgIpc) is 2.77. The normalized spacial score (nSPS) is 23.6. The molecule has 20 heavy (non-hydrogen) atoms. The smallest absolute Gasteiger partial charge is 0.0843 e. The van der Waals surface area contributed by atoms with E-state index in [2.05, 4.69) is 41.3 Å². The lowest BCUT2D eigenvalue weighted by molar-refractivity contribution is 0.175. The van der Waals surface area contributed by atoms with Crippen molar-refractivity contribution in [3.05, 3.63) is 30.0 Å². The zero-order valence-corrected chi connectivity index (χ0v) is 12.4. The Hall–Kier alpha value is -1.39. The second-order valence-electron chi connectivity index (χ2n) is 6.07. The molecule has 0 atom stereocenters. The Kier molecular flexibility index (Phi) is 3.76. The predicted octanol–water partition coefficient (Wildman–Crippen LogP) is 2.27. The molecule has 1 aromatic carbocycles. The van der Waals surface area contributed by atoms with Crippen LogP contribution in [0.25, 0.3) is 10.9 Å². The molecule has 0 aliphatic heterocycles. The number of para-hydroxylation sites is 1. The Morgan fingerprint density at radius 2 is 1.95 bits per heavy atom. The van der Waals surface area contributed by atoms with Gasteiger partial charge < -0.3 is 5.73 Å². The van der Waals surface area contributed by atoms with E-state index in [-0.39, 0.29) is 0 Å². The molecule has 3 rings (SSSR count). The monoisotopic (exact) mass is 272 g/mol. The van der Waals surface area contributed by atoms with Crippen molar-refractivity contribution in [2.45, 2.75) is 44.3 Å². The van der Waals surface area contributed by atoms with Crippen molar-refractivity contribution in [2.24, 2.45) is 12.8 Å². The predicted molar refractivity (Wildman–Crippen MR) is 82.4 cm³/mol. The standard InChI is InChI=1S/C16H24N4/c1-19(13-9-7-12(17)8-10-13)11-15-14-5-3-4-6-16(14)20(2)18-15/h3-6,12-13H,7-11,17H2,1-2H3. The van der Waals surface area contributed by atoms with Gasteiger partial charge >= 0.3 is 0 Å². The van der Waals surface area contributed by atoms with Crippen LogP contribution in [-0.2, 0) is 13.6 Å². The number of aromatic nitrogens is 2. The molecule has 1 aliphatic carbocycles. The molecule has 0 spiro atoms. The maximum Gasteiger partial charge on any atom is 0.0843 e. The van der Waals surface area contributed by atoms with Crippen LogP contribution in [0.1, 0.15) is 31.4 Å². The minimum atomic E-state index is 0.412. The van der Waals surface area contributed by atoms with Crippen molar-refractivity contribution < 1.29 is 0 Å². The average molecular weight is 272 g/mol. The first-order chi connectivity index (χ1) is 9.65. The summed E-state index contributed by atoms with van der Waals surface area (Å²) in [5, 5.41) is 5.96. The van der Waals surface area contributed by atoms with Gasteiger partial charge in [-0.1, -0.05) is 18.2 Å². The summed E-state index contributed by atoms with van der Waals surface area (Å²) in [5.74, 6) is 0. The van der Waals surface area contributed by atoms with Crippen molar-refractivity contribution in [3.63, 3.8) is 0 Å². The molecule has 0 bridgehead atoms. The minimum Gasteiger partial charge on any atom is -0.328 e. The number of aryl methyl sites for hydroxylation is 1. The first kappa shape index (κ1) is 13.6. The fourth-order valence-electron chi connectivity index (χ4n) is 3.31. The van der Waals surface area contributed by atoms with E-state index in [4.69, 9.17) is 5.73 Å². The number of fused-ring (bicyclic) bond motifs is 1. The maximum atomic E-state index is 5.99. The first-order valence-corrected chi connectivity index (χ1v) is 7.51. The maximum absolute atomic E-state index is 5.99. The second kappa shape index (κ2) is 5.54. The number of benzene rings is 1. The van der Waals surface area contributed by atoms with Crippen molar-refractivity contribution >= 4 is 10.9 Å². The Balaban J connectivity index is 1.76. The number of rotatable bonds is 3. The van der Waals surface area contributed by atoms with Gasteiger partial charge in [0.1, 0.15) is 0 Å². The van der Waals surface area contributed by atoms with Gasteiger partial charge in [-0.05, 0) is 38.8 Å². The third-order valence-electron chi connectivity index (χ3n) is 4.60. The van der Waals surface area contributed by atoms with Gasteiger partial charge in [0, 0.05) is 31.1 Å². The molecule has 108 valence electrons. The lowest BCUT2D eigenvalue weighted by Gasteiger charge is -2.33. The molecule has 4 heteroatoms. The summed E-state index contributed by atoms with van der Waals surface area (Å²) < 4.78 is 1.98. The van der Waals surface area contributed by atoms with Gasteiger partial charge in [-0.2, -0.15) is 5.10 Å². The lowest BCUT2D eigenvalue weighted by atomic mass is 9.91. The third-order valence-corrected chi connectivity index (χ3v) is 4.60. The van der Waals surface area contributed by atoms with E-state index >= 15 is 0 Å². The molecule has 2 aromatic rings. The van der Waals surface area contributed by atoms with Gasteiger partial charge in [0.15, 0.2) is 0 Å². The van der Waals surface area contributed by atoms with E-state index in [0.717, 1.165) is 19.4 Å². The molecule has 1 saturated carbocycles. The molecule has 1 aromatic heterocycles. The SMILES string of the molecule is CN(Cc1nn(C)c2ccccc12)C1CCC(N)CC1. The summed E-state index contributed by atoms with van der Waals surface area (Å²) in [6.45, 7) is 0.918. The molecule has 4 nitrogen and oxygen atoms in total. The highest BCUT2D eigenvalue weighted by molar-refractivity contribution is 5.81. The summed E-state index contributed by atoms with van der Waals surface area (Å²) in [5.41, 5.74) is 8.38. The van der Waals surface area contributed by atoms with Crippen molar-refractivity contribution in [1.82, 2.24) is 14.7 Å². The minimum absolute atomic E-state index is 0.412. The van der Waals surface area contributed by atoms with Crippen molar-refractivity contribution in [3.8, 4) is 0 Å². The van der Waals surface area contributed by atoms with Gasteiger partial charge in [0.2, 0.25) is 0 Å². The van der Waals surface area contributed by atoms with E-state index in [1.54, 1.807) is 0 Å². The van der Waals surface area contributed by atoms with Gasteiger partial charge in [-0.3, -0.25) is 9.58 Å². The molecule has 2 N–H and O–H groups in total. The van der Waals surface area contributed by atoms with E-state index in [9.17, 15) is 0 Å². The summed E-state index contributed by atoms with van der Waals surface area (Å²) in [6, 6.07) is 9.52. The molecule has 1 heterocycles. The van der Waals surface area contributed by atoms with Crippen LogP contribution in [0.5, 0.6) is 0 Å². The highest BCUT2D eigenvalue weighted by atomic mass is 15.3. The topological polar surface area (TPSA) is 47.1 Å². The fraction of sp³-hybridized carbons (Fsp3) is 0.562. The Bertz CT molecular complexity index is 581. The zero-order chi connectivity index (χ0) is 14.1. The third kappa shape index (κ3) is 2.58. The van der Waals surface area contributed by atoms with Gasteiger partial charge in [0.05, 0.1) is 11.2 Å². The Morgan fingerprint density at radius 3 is 2.70 bits per heavy atom. The van der Waals surface area contributed by atoms with Gasteiger partial charge in [0.25, 0.3) is 0 Å². The highest BCUT2D eigenvalue weighted by Gasteiger charge is 2.23. The Labute approximate surface area is 120 Å². The molecular weight excluding hydrogens is 248 g/mol. The molecule has 1 aliphatic rings. The molecule has 0 unspecified atom stereocenters. The number of nitrogens with two attached hydrogens (primary N) is 1. The van der Waals surface area contributed by atoms with E-state index < -0.39 is 0 Å². The quantitative estimate of drug-likeness (QED) is 0.932. The summed E-state index contributed by atoms with van der Waals surface area (Å²) >= 11 is 0. The molecule has 1 fully saturated rings. The zero-order valence-electron chi connectivity index (χ0n) is 12.4. The molecular formula is C16H24N4. The van der Waals surface area contributed by atoms with E-state index in [0.29, 0.717) is 12.1 Å². The number of hydrogen-bond donors (Lipinski definition) is 1. The van der Waals surface area contributed by atoms with Gasteiger partial charge in [-0.25, -0.2) is 0 Å². The van der Waals surface area contributed by atoms with Crippen LogP contribution in [0.15, 0.2) is 24.3 Å². The van der Waals surface area contributed by atoms with Crippen molar-refractivity contribution in [2.75, 3.05) is 7.05 Å². The van der Waals surface area contributed by atoms with Gasteiger partial charge in [-0.15, -0.1) is 0 Å². The van der Waals surface area contributed by atoms with E-state index in [1.165, 1.54) is 29.4 Å². The number of nitrogens with zero attached hydrogens (tertiary/aromatic N) is 3. The largest absolute Gasteiger partial charge is 0.328 e. The first-order valence-electron chi connectivity index (χ1n) is 7.51. The molecule has 0 amide bonds. The molecule has 0 radical (unpaired) electrons. The number of hydrogen-bond acceptors (Lipinski definition) is 3. The van der Waals surface area contributed by atoms with Crippen LogP contribution < -0.4 is 5.73 Å². The van der Waals surface area contributed by atoms with Crippen molar-refractivity contribution in [1.29, 1.82) is 0 Å². The highest BCUT2D eigenvalue weighted by Crippen LogP contribution is 2.24. The Morgan fingerprint density at radius 1 is 1.25 bits per heavy atom. The van der Waals surface area contributed by atoms with Crippen LogP contribution >= 0.6 is 0 Å². The van der Waals surface area contributed by atoms with Crippen LogP contribution in [-0.4, -0.2) is 33.8 Å². The summed E-state index contributed by atoms with van der Waals surface area (Å²) in [4.78, 5) is 2.45. The summed E-state index contributed by atoms with van der Waals surface area (Å²) in [7, 11) is 4.23. The van der Waals surface area contributed by atoms with Crippen LogP contribution in [0.2, 0.25) is 0 Å². The fourth-order valence-corrected chi connectivity index (χ4v) is 3.31. The second-order valence-corrected chi connectivity index (χ2v) is 6.07. The lowest BCUT2D eigenvalue weighted by Crippen LogP contribution is -2.38. The van der Waals surface area contributed by atoms with E-state index in [1.807, 2.05) is 11.7 Å². The van der Waals surface area contributed by atoms with Crippen LogP contribution in [0.3, 0.4) is 0 Å². The van der Waals surface area contributed by atoms with Crippen LogP contribution in [0.4, 0.5) is 0 Å². The van der Waals surface area contributed by atoms with Crippen LogP contribution in [0, 0.1) is 0 Å².